The SMILES string of the molecule is CC1CC(=O)N(Cc2c(C(=O)O)cnn2C)C(=O)C1. The van der Waals surface area contributed by atoms with Crippen LogP contribution in [0.2, 0.25) is 0 Å². The third kappa shape index (κ3) is 2.49. The van der Waals surface area contributed by atoms with E-state index in [1.807, 2.05) is 6.92 Å². The molecule has 0 spiro atoms. The fourth-order valence-corrected chi connectivity index (χ4v) is 2.18. The van der Waals surface area contributed by atoms with Gasteiger partial charge in [0.2, 0.25) is 11.8 Å². The van der Waals surface area contributed by atoms with Crippen molar-refractivity contribution in [2.45, 2.75) is 26.3 Å². The monoisotopic (exact) mass is 265 g/mol. The highest BCUT2D eigenvalue weighted by Gasteiger charge is 2.32. The third-order valence-electron chi connectivity index (χ3n) is 3.25. The van der Waals surface area contributed by atoms with Gasteiger partial charge in [-0.15, -0.1) is 0 Å². The van der Waals surface area contributed by atoms with Gasteiger partial charge in [0.05, 0.1) is 18.4 Å². The molecule has 1 aromatic rings. The Balaban J connectivity index is 2.26. The summed E-state index contributed by atoms with van der Waals surface area (Å²) in [5, 5.41) is 12.9. The molecular formula is C12H15N3O4. The van der Waals surface area contributed by atoms with Crippen LogP contribution in [0.1, 0.15) is 35.8 Å². The van der Waals surface area contributed by atoms with Gasteiger partial charge in [-0.05, 0) is 5.92 Å². The maximum absolute atomic E-state index is 11.9. The minimum absolute atomic E-state index is 0.0155. The Morgan fingerprint density at radius 1 is 1.42 bits per heavy atom. The van der Waals surface area contributed by atoms with Crippen LogP contribution in [0.25, 0.3) is 0 Å². The number of hydrogen-bond donors (Lipinski definition) is 1. The topological polar surface area (TPSA) is 92.5 Å². The van der Waals surface area contributed by atoms with Crippen molar-refractivity contribution >= 4 is 17.8 Å². The number of piperidine rings is 1. The van der Waals surface area contributed by atoms with E-state index in [-0.39, 0.29) is 29.8 Å². The zero-order valence-electron chi connectivity index (χ0n) is 10.8. The quantitative estimate of drug-likeness (QED) is 0.799. The first-order valence-electron chi connectivity index (χ1n) is 5.97. The molecule has 0 aromatic carbocycles. The van der Waals surface area contributed by atoms with Crippen molar-refractivity contribution in [2.24, 2.45) is 13.0 Å². The van der Waals surface area contributed by atoms with Crippen molar-refractivity contribution in [2.75, 3.05) is 0 Å². The van der Waals surface area contributed by atoms with Gasteiger partial charge in [-0.1, -0.05) is 6.92 Å². The molecule has 0 bridgehead atoms. The summed E-state index contributed by atoms with van der Waals surface area (Å²) in [6, 6.07) is 0. The third-order valence-corrected chi connectivity index (χ3v) is 3.25. The van der Waals surface area contributed by atoms with Crippen LogP contribution < -0.4 is 0 Å². The van der Waals surface area contributed by atoms with Crippen molar-refractivity contribution in [3.63, 3.8) is 0 Å². The Morgan fingerprint density at radius 3 is 2.53 bits per heavy atom. The van der Waals surface area contributed by atoms with Crippen LogP contribution in [0.15, 0.2) is 6.20 Å². The molecule has 1 N–H and O–H groups in total. The first-order chi connectivity index (χ1) is 8.90. The van der Waals surface area contributed by atoms with Crippen LogP contribution in [0.4, 0.5) is 0 Å². The number of carboxylic acids is 1. The average Bonchev–Trinajstić information content (AvgIpc) is 2.65. The molecule has 1 aromatic heterocycles. The summed E-state index contributed by atoms with van der Waals surface area (Å²) in [4.78, 5) is 35.9. The molecular weight excluding hydrogens is 250 g/mol. The summed E-state index contributed by atoms with van der Waals surface area (Å²) < 4.78 is 1.38. The molecule has 1 saturated heterocycles. The fraction of sp³-hybridized carbons (Fsp3) is 0.500. The fourth-order valence-electron chi connectivity index (χ4n) is 2.18. The molecule has 2 amide bonds. The number of imide groups is 1. The maximum atomic E-state index is 11.9. The highest BCUT2D eigenvalue weighted by Crippen LogP contribution is 2.21. The standard InChI is InChI=1S/C12H15N3O4/c1-7-3-10(16)15(11(17)4-7)6-9-8(12(18)19)5-13-14(9)2/h5,7H,3-4,6H2,1-2H3,(H,18,19). The number of aromatic nitrogens is 2. The van der Waals surface area contributed by atoms with Crippen molar-refractivity contribution in [3.8, 4) is 0 Å². The number of rotatable bonds is 3. The van der Waals surface area contributed by atoms with Gasteiger partial charge in [0.25, 0.3) is 0 Å². The molecule has 2 heterocycles. The zero-order chi connectivity index (χ0) is 14.2. The Labute approximate surface area is 109 Å². The zero-order valence-corrected chi connectivity index (χ0v) is 10.8. The van der Waals surface area contributed by atoms with E-state index in [4.69, 9.17) is 5.11 Å². The molecule has 7 heteroatoms. The van der Waals surface area contributed by atoms with Crippen molar-refractivity contribution in [3.05, 3.63) is 17.5 Å². The van der Waals surface area contributed by atoms with E-state index in [1.165, 1.54) is 10.9 Å². The predicted molar refractivity (Wildman–Crippen MR) is 64.1 cm³/mol. The van der Waals surface area contributed by atoms with Gasteiger partial charge < -0.3 is 5.11 Å². The Hall–Kier alpha value is -2.18. The second-order valence-corrected chi connectivity index (χ2v) is 4.82. The number of carbonyl (C=O) groups excluding carboxylic acids is 2. The van der Waals surface area contributed by atoms with Crippen LogP contribution >= 0.6 is 0 Å². The lowest BCUT2D eigenvalue weighted by Gasteiger charge is -2.28. The molecule has 0 aliphatic carbocycles. The minimum Gasteiger partial charge on any atom is -0.478 e. The Kier molecular flexibility index (Phi) is 3.37. The number of amides is 2. The van der Waals surface area contributed by atoms with Crippen LogP contribution in [0.5, 0.6) is 0 Å². The van der Waals surface area contributed by atoms with Gasteiger partial charge in [-0.25, -0.2) is 4.79 Å². The lowest BCUT2D eigenvalue weighted by atomic mass is 9.97. The number of carbonyl (C=O) groups is 3. The highest BCUT2D eigenvalue weighted by atomic mass is 16.4. The molecule has 0 saturated carbocycles. The normalized spacial score (nSPS) is 17.1. The average molecular weight is 265 g/mol. The van der Waals surface area contributed by atoms with Crippen molar-refractivity contribution in [1.29, 1.82) is 0 Å². The Bertz CT molecular complexity index is 531. The summed E-state index contributed by atoms with van der Waals surface area (Å²) in [6.45, 7) is 1.81. The molecule has 0 radical (unpaired) electrons. The van der Waals surface area contributed by atoms with Crippen LogP contribution in [0.3, 0.4) is 0 Å². The second-order valence-electron chi connectivity index (χ2n) is 4.82. The lowest BCUT2D eigenvalue weighted by molar-refractivity contribution is -0.150. The Morgan fingerprint density at radius 2 is 2.00 bits per heavy atom. The maximum Gasteiger partial charge on any atom is 0.339 e. The van der Waals surface area contributed by atoms with Crippen LogP contribution in [0, 0.1) is 5.92 Å². The second kappa shape index (κ2) is 4.83. The molecule has 7 nitrogen and oxygen atoms in total. The van der Waals surface area contributed by atoms with Gasteiger partial charge in [0, 0.05) is 19.9 Å². The van der Waals surface area contributed by atoms with Crippen LogP contribution in [-0.4, -0.2) is 37.6 Å². The predicted octanol–water partition coefficient (Wildman–Crippen LogP) is 0.403. The largest absolute Gasteiger partial charge is 0.478 e. The summed E-state index contributed by atoms with van der Waals surface area (Å²) in [5.41, 5.74) is 0.366. The van der Waals surface area contributed by atoms with Gasteiger partial charge in [0.15, 0.2) is 0 Å². The first kappa shape index (κ1) is 13.3. The van der Waals surface area contributed by atoms with Gasteiger partial charge in [-0.3, -0.25) is 19.2 Å². The highest BCUT2D eigenvalue weighted by molar-refractivity contribution is 5.98. The molecule has 1 aliphatic rings. The minimum atomic E-state index is -1.12. The number of aromatic carboxylic acids is 1. The van der Waals surface area contributed by atoms with Gasteiger partial charge in [-0.2, -0.15) is 5.10 Å². The summed E-state index contributed by atoms with van der Waals surface area (Å²) >= 11 is 0. The molecule has 1 fully saturated rings. The summed E-state index contributed by atoms with van der Waals surface area (Å²) in [7, 11) is 1.59. The lowest BCUT2D eigenvalue weighted by Crippen LogP contribution is -2.42. The first-order valence-corrected chi connectivity index (χ1v) is 5.97. The summed E-state index contributed by atoms with van der Waals surface area (Å²) in [6.07, 6.45) is 1.84. The van der Waals surface area contributed by atoms with E-state index in [2.05, 4.69) is 5.10 Å². The summed E-state index contributed by atoms with van der Waals surface area (Å²) in [5.74, 6) is -1.60. The van der Waals surface area contributed by atoms with Gasteiger partial charge in [0.1, 0.15) is 5.56 Å². The number of carboxylic acid groups (broad SMARTS) is 1. The number of likely N-dealkylation sites (tertiary alicyclic amines) is 1. The van der Waals surface area contributed by atoms with E-state index in [0.29, 0.717) is 18.5 Å². The molecule has 102 valence electrons. The molecule has 19 heavy (non-hydrogen) atoms. The molecule has 0 atom stereocenters. The van der Waals surface area contributed by atoms with Crippen molar-refractivity contribution in [1.82, 2.24) is 14.7 Å². The van der Waals surface area contributed by atoms with Crippen molar-refractivity contribution < 1.29 is 19.5 Å². The molecule has 0 unspecified atom stereocenters. The molecule has 1 aliphatic heterocycles. The molecule has 2 rings (SSSR count). The number of nitrogens with zero attached hydrogens (tertiary/aromatic N) is 3. The van der Waals surface area contributed by atoms with E-state index in [1.54, 1.807) is 7.05 Å². The number of aryl methyl sites for hydroxylation is 1. The number of hydrogen-bond acceptors (Lipinski definition) is 4. The van der Waals surface area contributed by atoms with E-state index in [9.17, 15) is 14.4 Å². The van der Waals surface area contributed by atoms with E-state index < -0.39 is 5.97 Å². The van der Waals surface area contributed by atoms with Gasteiger partial charge >= 0.3 is 5.97 Å². The van der Waals surface area contributed by atoms with Crippen LogP contribution in [-0.2, 0) is 23.2 Å². The van der Waals surface area contributed by atoms with E-state index >= 15 is 0 Å². The smallest absolute Gasteiger partial charge is 0.339 e. The van der Waals surface area contributed by atoms with E-state index in [0.717, 1.165) is 4.90 Å².